The standard InChI is InChI=1S/C34H56N2O21/c37-13-16-23(43)26(46)28(48)32(53-16)52-15-18-25(45)31(56-34-29(49)27(47)24(44)17(14-38)54-34)30(50)33(55-18)51-12-11-35-19(39)7-5-3-1-2-4-6-8-22(42)57-36-20(40)9-10-21(36)41/h16-18,23-34,37-38,43-50H,1-15H2,(H,35,39)/t16-,17-,18-,23-,24-,25-,26+,27+,28+,29+,30+,31+,32+,33-,34-/m1/s1. The Labute approximate surface area is 326 Å². The SMILES string of the molecule is O=C(CCCCCCCCC(=O)ON1C(=O)CCC1=O)NCCO[C@@H]1O[C@H](CO[C@H]2O[C@H](CO)[C@@H](O)[C@H](O)[C@@H]2O)[C@@H](O)[C@H](O[C@H]2O[C@H](CO)[C@@H](O)[C@H](O)[C@@H]2O)[C@@H]1O. The van der Waals surface area contributed by atoms with Crippen molar-refractivity contribution >= 4 is 23.7 Å². The highest BCUT2D eigenvalue weighted by Gasteiger charge is 2.52. The van der Waals surface area contributed by atoms with Gasteiger partial charge in [-0.1, -0.05) is 25.7 Å². The molecule has 4 fully saturated rings. The first-order chi connectivity index (χ1) is 27.2. The number of carbonyl (C=O) groups is 4. The van der Waals surface area contributed by atoms with Crippen molar-refractivity contribution in [1.29, 1.82) is 0 Å². The summed E-state index contributed by atoms with van der Waals surface area (Å²) >= 11 is 0. The fourth-order valence-electron chi connectivity index (χ4n) is 6.59. The minimum atomic E-state index is -1.90. The number of hydroxylamine groups is 2. The third kappa shape index (κ3) is 12.7. The predicted octanol–water partition coefficient (Wildman–Crippen LogP) is -5.70. The number of carbonyl (C=O) groups excluding carboxylic acids is 4. The topological polar surface area (TPSA) is 350 Å². The molecule has 4 heterocycles. The second kappa shape index (κ2) is 22.7. The number of hydrogen-bond donors (Lipinski definition) is 11. The van der Waals surface area contributed by atoms with Crippen molar-refractivity contribution in [2.45, 2.75) is 156 Å². The molecule has 23 heteroatoms. The molecular weight excluding hydrogens is 772 g/mol. The number of nitrogens with zero attached hydrogens (tertiary/aromatic N) is 1. The zero-order valence-electron chi connectivity index (χ0n) is 31.2. The third-order valence-corrected chi connectivity index (χ3v) is 9.99. The maximum Gasteiger partial charge on any atom is 0.333 e. The summed E-state index contributed by atoms with van der Waals surface area (Å²) in [6.07, 6.45) is -20.7. The van der Waals surface area contributed by atoms with E-state index in [1.165, 1.54) is 0 Å². The normalized spacial score (nSPS) is 37.4. The van der Waals surface area contributed by atoms with Gasteiger partial charge in [-0.15, -0.1) is 5.06 Å². The molecule has 328 valence electrons. The number of rotatable bonds is 21. The average molecular weight is 829 g/mol. The van der Waals surface area contributed by atoms with Gasteiger partial charge >= 0.3 is 5.97 Å². The maximum atomic E-state index is 12.4. The minimum absolute atomic E-state index is 0.0249. The van der Waals surface area contributed by atoms with Crippen LogP contribution >= 0.6 is 0 Å². The molecule has 0 aromatic rings. The monoisotopic (exact) mass is 828 g/mol. The fourth-order valence-corrected chi connectivity index (χ4v) is 6.59. The van der Waals surface area contributed by atoms with Gasteiger partial charge < -0.3 is 89.6 Å². The molecule has 0 spiro atoms. The van der Waals surface area contributed by atoms with E-state index in [4.69, 9.17) is 33.3 Å². The van der Waals surface area contributed by atoms with Crippen LogP contribution < -0.4 is 5.32 Å². The van der Waals surface area contributed by atoms with E-state index in [9.17, 15) is 70.2 Å². The molecule has 0 bridgehead atoms. The first kappa shape index (κ1) is 47.1. The van der Waals surface area contributed by atoms with Gasteiger partial charge in [0.05, 0.1) is 26.4 Å². The van der Waals surface area contributed by atoms with E-state index in [2.05, 4.69) is 5.32 Å². The Morgan fingerprint density at radius 3 is 1.72 bits per heavy atom. The number of hydrogen-bond acceptors (Lipinski definition) is 21. The lowest BCUT2D eigenvalue weighted by atomic mass is 9.96. The molecule has 0 saturated carbocycles. The van der Waals surface area contributed by atoms with Crippen molar-refractivity contribution in [2.75, 3.05) is 33.0 Å². The summed E-state index contributed by atoms with van der Waals surface area (Å²) in [7, 11) is 0. The number of unbranched alkanes of at least 4 members (excludes halogenated alkanes) is 5. The number of aliphatic hydroxyl groups is 10. The number of aliphatic hydroxyl groups excluding tert-OH is 10. The molecule has 23 nitrogen and oxygen atoms in total. The lowest BCUT2D eigenvalue weighted by molar-refractivity contribution is -0.366. The molecule has 0 aromatic heterocycles. The van der Waals surface area contributed by atoms with Gasteiger partial charge in [-0.25, -0.2) is 4.79 Å². The number of amides is 3. The Balaban J connectivity index is 1.21. The molecule has 4 rings (SSSR count). The Bertz CT molecular complexity index is 1280. The van der Waals surface area contributed by atoms with Crippen LogP contribution in [-0.2, 0) is 52.4 Å². The van der Waals surface area contributed by atoms with Gasteiger partial charge in [-0.3, -0.25) is 14.4 Å². The van der Waals surface area contributed by atoms with Crippen LogP contribution in [0.1, 0.15) is 64.2 Å². The van der Waals surface area contributed by atoms with Crippen molar-refractivity contribution in [1.82, 2.24) is 10.4 Å². The predicted molar refractivity (Wildman–Crippen MR) is 182 cm³/mol. The van der Waals surface area contributed by atoms with Gasteiger partial charge in [0, 0.05) is 32.2 Å². The molecule has 15 atom stereocenters. The van der Waals surface area contributed by atoms with Gasteiger partial charge in [0.1, 0.15) is 73.2 Å². The molecule has 4 aliphatic heterocycles. The zero-order valence-corrected chi connectivity index (χ0v) is 31.2. The summed E-state index contributed by atoms with van der Waals surface area (Å²) in [5.74, 6) is -2.01. The van der Waals surface area contributed by atoms with Crippen LogP contribution in [0.25, 0.3) is 0 Å². The lowest BCUT2D eigenvalue weighted by Gasteiger charge is -2.46. The van der Waals surface area contributed by atoms with Crippen LogP contribution in [0.5, 0.6) is 0 Å². The van der Waals surface area contributed by atoms with E-state index >= 15 is 0 Å². The number of ether oxygens (including phenoxy) is 6. The summed E-state index contributed by atoms with van der Waals surface area (Å²) in [5, 5.41) is 106. The van der Waals surface area contributed by atoms with E-state index in [1.54, 1.807) is 0 Å². The van der Waals surface area contributed by atoms with Crippen molar-refractivity contribution < 1.29 is 104 Å². The molecular formula is C34H56N2O21. The van der Waals surface area contributed by atoms with Crippen LogP contribution in [0.4, 0.5) is 0 Å². The molecule has 0 aliphatic carbocycles. The highest BCUT2D eigenvalue weighted by molar-refractivity contribution is 6.01. The van der Waals surface area contributed by atoms with Crippen molar-refractivity contribution in [2.24, 2.45) is 0 Å². The molecule has 0 aromatic carbocycles. The first-order valence-corrected chi connectivity index (χ1v) is 19.0. The second-order valence-electron chi connectivity index (χ2n) is 14.2. The maximum absolute atomic E-state index is 12.4. The van der Waals surface area contributed by atoms with E-state index in [1.807, 2.05) is 0 Å². The van der Waals surface area contributed by atoms with Crippen molar-refractivity contribution in [3.8, 4) is 0 Å². The summed E-state index contributed by atoms with van der Waals surface area (Å²) in [4.78, 5) is 52.2. The highest BCUT2D eigenvalue weighted by atomic mass is 16.8. The van der Waals surface area contributed by atoms with Gasteiger partial charge in [0.15, 0.2) is 18.9 Å². The second-order valence-corrected chi connectivity index (χ2v) is 14.2. The first-order valence-electron chi connectivity index (χ1n) is 19.0. The lowest BCUT2D eigenvalue weighted by Crippen LogP contribution is -2.65. The minimum Gasteiger partial charge on any atom is -0.394 e. The van der Waals surface area contributed by atoms with E-state index in [0.29, 0.717) is 24.3 Å². The molecule has 4 saturated heterocycles. The van der Waals surface area contributed by atoms with Gasteiger partial charge in [-0.05, 0) is 12.8 Å². The Kier molecular flexibility index (Phi) is 18.8. The van der Waals surface area contributed by atoms with Crippen LogP contribution in [0, 0.1) is 0 Å². The fraction of sp³-hybridized carbons (Fsp3) is 0.882. The van der Waals surface area contributed by atoms with E-state index in [0.717, 1.165) is 19.3 Å². The molecule has 0 unspecified atom stereocenters. The van der Waals surface area contributed by atoms with Gasteiger partial charge in [0.25, 0.3) is 11.8 Å². The molecule has 0 radical (unpaired) electrons. The summed E-state index contributed by atoms with van der Waals surface area (Å²) < 4.78 is 33.2. The quantitative estimate of drug-likeness (QED) is 0.0379. The van der Waals surface area contributed by atoms with Crippen LogP contribution in [0.3, 0.4) is 0 Å². The third-order valence-electron chi connectivity index (χ3n) is 9.99. The summed E-state index contributed by atoms with van der Waals surface area (Å²) in [6, 6.07) is 0. The van der Waals surface area contributed by atoms with Gasteiger partial charge in [0.2, 0.25) is 5.91 Å². The van der Waals surface area contributed by atoms with Crippen LogP contribution in [-0.4, -0.2) is 205 Å². The van der Waals surface area contributed by atoms with Crippen molar-refractivity contribution in [3.63, 3.8) is 0 Å². The van der Waals surface area contributed by atoms with E-state index in [-0.39, 0.29) is 44.7 Å². The smallest absolute Gasteiger partial charge is 0.333 e. The van der Waals surface area contributed by atoms with Crippen molar-refractivity contribution in [3.05, 3.63) is 0 Å². The van der Waals surface area contributed by atoms with Crippen LogP contribution in [0.15, 0.2) is 0 Å². The molecule has 3 amide bonds. The summed E-state index contributed by atoms with van der Waals surface area (Å²) in [5.41, 5.74) is 0. The molecule has 11 N–H and O–H groups in total. The van der Waals surface area contributed by atoms with Gasteiger partial charge in [-0.2, -0.15) is 0 Å². The van der Waals surface area contributed by atoms with Crippen LogP contribution in [0.2, 0.25) is 0 Å². The van der Waals surface area contributed by atoms with E-state index < -0.39 is 130 Å². The molecule has 4 aliphatic rings. The number of imide groups is 1. The largest absolute Gasteiger partial charge is 0.394 e. The number of nitrogens with one attached hydrogen (secondary N) is 1. The Hall–Kier alpha value is -2.56. The Morgan fingerprint density at radius 2 is 1.12 bits per heavy atom. The molecule has 57 heavy (non-hydrogen) atoms. The Morgan fingerprint density at radius 1 is 0.614 bits per heavy atom. The average Bonchev–Trinajstić information content (AvgIpc) is 3.51. The summed E-state index contributed by atoms with van der Waals surface area (Å²) in [6.45, 7) is -2.41. The zero-order chi connectivity index (χ0) is 41.8. The highest BCUT2D eigenvalue weighted by Crippen LogP contribution is 2.31.